The van der Waals surface area contributed by atoms with Crippen molar-refractivity contribution < 1.29 is 14.3 Å². The second-order valence-electron chi connectivity index (χ2n) is 8.66. The number of aliphatic imine (C=N–C) groups is 1. The number of hydrogen-bond acceptors (Lipinski definition) is 6. The van der Waals surface area contributed by atoms with Gasteiger partial charge in [-0.3, -0.25) is 14.7 Å². The number of benzene rings is 1. The highest BCUT2D eigenvalue weighted by Gasteiger charge is 2.28. The van der Waals surface area contributed by atoms with Crippen LogP contribution in [0.3, 0.4) is 0 Å². The van der Waals surface area contributed by atoms with Crippen molar-refractivity contribution in [2.45, 2.75) is 38.3 Å². The lowest BCUT2D eigenvalue weighted by Gasteiger charge is -2.33. The summed E-state index contributed by atoms with van der Waals surface area (Å²) in [5.74, 6) is 2.24. The lowest BCUT2D eigenvalue weighted by molar-refractivity contribution is -0.120. The Morgan fingerprint density at radius 3 is 2.84 bits per heavy atom. The molecule has 32 heavy (non-hydrogen) atoms. The fourth-order valence-electron chi connectivity index (χ4n) is 4.57. The maximum absolute atomic E-state index is 11.2. The summed E-state index contributed by atoms with van der Waals surface area (Å²) in [5, 5.41) is 3.03. The molecule has 7 heteroatoms. The molecule has 1 aromatic heterocycles. The molecule has 0 spiro atoms. The van der Waals surface area contributed by atoms with Gasteiger partial charge in [-0.05, 0) is 47.8 Å². The molecule has 7 nitrogen and oxygen atoms in total. The highest BCUT2D eigenvalue weighted by atomic mass is 16.5. The Hall–Kier alpha value is -3.19. The van der Waals surface area contributed by atoms with Crippen LogP contribution in [0.4, 0.5) is 0 Å². The van der Waals surface area contributed by atoms with E-state index in [1.165, 1.54) is 11.1 Å². The second-order valence-corrected chi connectivity index (χ2v) is 8.66. The van der Waals surface area contributed by atoms with Gasteiger partial charge in [0.15, 0.2) is 0 Å². The Labute approximate surface area is 188 Å². The Morgan fingerprint density at radius 1 is 1.25 bits per heavy atom. The molecule has 1 amide bonds. The summed E-state index contributed by atoms with van der Waals surface area (Å²) in [5.41, 5.74) is 3.45. The number of ether oxygens (including phenoxy) is 2. The van der Waals surface area contributed by atoms with Crippen molar-refractivity contribution in [1.29, 1.82) is 0 Å². The first-order chi connectivity index (χ1) is 15.6. The lowest BCUT2D eigenvalue weighted by atomic mass is 10.0. The van der Waals surface area contributed by atoms with E-state index >= 15 is 0 Å². The number of aromatic nitrogens is 1. The number of allylic oxidation sites excluding steroid dienone is 1. The lowest BCUT2D eigenvalue weighted by Crippen LogP contribution is -2.46. The third-order valence-corrected chi connectivity index (χ3v) is 6.21. The summed E-state index contributed by atoms with van der Waals surface area (Å²) in [6.07, 6.45) is 8.70. The van der Waals surface area contributed by atoms with Gasteiger partial charge in [0.25, 0.3) is 0 Å². The van der Waals surface area contributed by atoms with Crippen LogP contribution in [0.25, 0.3) is 5.57 Å². The van der Waals surface area contributed by atoms with Crippen LogP contribution in [-0.4, -0.2) is 60.3 Å². The number of carbonyl (C=O) groups excluding carboxylic acids is 1. The minimum atomic E-state index is 0.0583. The van der Waals surface area contributed by atoms with Gasteiger partial charge >= 0.3 is 0 Å². The first-order valence-corrected chi connectivity index (χ1v) is 11.2. The van der Waals surface area contributed by atoms with Gasteiger partial charge in [-0.25, -0.2) is 4.98 Å². The molecule has 0 bridgehead atoms. The second kappa shape index (κ2) is 9.12. The van der Waals surface area contributed by atoms with Crippen molar-refractivity contribution in [2.75, 3.05) is 26.2 Å². The van der Waals surface area contributed by atoms with E-state index in [2.05, 4.69) is 26.3 Å². The Balaban J connectivity index is 1.14. The maximum atomic E-state index is 11.2. The van der Waals surface area contributed by atoms with Crippen molar-refractivity contribution in [3.05, 3.63) is 53.7 Å². The third kappa shape index (κ3) is 4.83. The minimum absolute atomic E-state index is 0.0583. The standard InChI is InChI=1S/C25H28N4O3/c1-17(30)28-21-7-10-29(11-8-21)16-23-12-18-2-4-22(13-24(18)31-23)32-25-5-3-19(15-27-25)20-6-9-26-14-20/h2-6,9,13,15,21,23H,7-8,10-12,14,16H2,1H3,(H,28,30). The molecule has 0 saturated carbocycles. The van der Waals surface area contributed by atoms with Crippen molar-refractivity contribution in [3.63, 3.8) is 0 Å². The van der Waals surface area contributed by atoms with Crippen LogP contribution in [0, 0.1) is 0 Å². The molecule has 3 aliphatic heterocycles. The summed E-state index contributed by atoms with van der Waals surface area (Å²) in [6.45, 7) is 5.17. The molecule has 0 aliphatic carbocycles. The number of fused-ring (bicyclic) bond motifs is 1. The molecule has 0 radical (unpaired) electrons. The molecule has 166 valence electrons. The van der Waals surface area contributed by atoms with E-state index in [0.29, 0.717) is 18.5 Å². The van der Waals surface area contributed by atoms with Crippen LogP contribution in [0.5, 0.6) is 17.4 Å². The Kier molecular flexibility index (Phi) is 5.90. The van der Waals surface area contributed by atoms with Gasteiger partial charge in [0.05, 0.1) is 6.54 Å². The van der Waals surface area contributed by atoms with Crippen LogP contribution < -0.4 is 14.8 Å². The van der Waals surface area contributed by atoms with Crippen LogP contribution in [0.15, 0.2) is 47.6 Å². The van der Waals surface area contributed by atoms with E-state index < -0.39 is 0 Å². The number of nitrogens with one attached hydrogen (secondary N) is 1. The van der Waals surface area contributed by atoms with Crippen LogP contribution in [-0.2, 0) is 11.2 Å². The fraction of sp³-hybridized carbons (Fsp3) is 0.400. The van der Waals surface area contributed by atoms with E-state index in [9.17, 15) is 4.79 Å². The fourth-order valence-corrected chi connectivity index (χ4v) is 4.57. The number of nitrogens with zero attached hydrogens (tertiary/aromatic N) is 3. The number of likely N-dealkylation sites (tertiary alicyclic amines) is 1. The molecule has 1 unspecified atom stereocenters. The van der Waals surface area contributed by atoms with E-state index in [0.717, 1.165) is 56.0 Å². The van der Waals surface area contributed by atoms with Crippen LogP contribution >= 0.6 is 0 Å². The molecular formula is C25H28N4O3. The number of pyridine rings is 1. The molecule has 1 fully saturated rings. The first kappa shape index (κ1) is 20.7. The van der Waals surface area contributed by atoms with E-state index in [1.807, 2.05) is 42.8 Å². The number of piperidine rings is 1. The Morgan fingerprint density at radius 2 is 2.12 bits per heavy atom. The minimum Gasteiger partial charge on any atom is -0.488 e. The molecule has 1 aromatic carbocycles. The predicted molar refractivity (Wildman–Crippen MR) is 123 cm³/mol. The van der Waals surface area contributed by atoms with Gasteiger partial charge < -0.3 is 14.8 Å². The summed E-state index contributed by atoms with van der Waals surface area (Å²) in [7, 11) is 0. The third-order valence-electron chi connectivity index (χ3n) is 6.21. The van der Waals surface area contributed by atoms with Gasteiger partial charge in [0.1, 0.15) is 17.6 Å². The van der Waals surface area contributed by atoms with Gasteiger partial charge in [-0.1, -0.05) is 6.07 Å². The average Bonchev–Trinajstić information content (AvgIpc) is 3.45. The van der Waals surface area contributed by atoms with Crippen molar-refractivity contribution in [2.24, 2.45) is 4.99 Å². The first-order valence-electron chi connectivity index (χ1n) is 11.2. The normalized spacial score (nSPS) is 20.5. The monoisotopic (exact) mass is 432 g/mol. The zero-order valence-electron chi connectivity index (χ0n) is 18.3. The van der Waals surface area contributed by atoms with Crippen molar-refractivity contribution in [3.8, 4) is 17.4 Å². The van der Waals surface area contributed by atoms with E-state index in [1.54, 1.807) is 6.92 Å². The summed E-state index contributed by atoms with van der Waals surface area (Å²) < 4.78 is 12.2. The Bertz CT molecular complexity index is 1040. The summed E-state index contributed by atoms with van der Waals surface area (Å²) >= 11 is 0. The van der Waals surface area contributed by atoms with Gasteiger partial charge in [-0.15, -0.1) is 0 Å². The molecule has 2 aromatic rings. The SMILES string of the molecule is CC(=O)NC1CCN(CC2Cc3ccc(Oc4ccc(C5=CC=NC5)cn4)cc3O2)CC1. The molecule has 1 saturated heterocycles. The van der Waals surface area contributed by atoms with E-state index in [4.69, 9.17) is 9.47 Å². The van der Waals surface area contributed by atoms with Crippen molar-refractivity contribution >= 4 is 17.7 Å². The summed E-state index contributed by atoms with van der Waals surface area (Å²) in [4.78, 5) is 22.3. The topological polar surface area (TPSA) is 76.1 Å². The van der Waals surface area contributed by atoms with Crippen LogP contribution in [0.1, 0.15) is 30.9 Å². The molecule has 1 N–H and O–H groups in total. The zero-order chi connectivity index (χ0) is 21.9. The smallest absolute Gasteiger partial charge is 0.219 e. The number of carbonyl (C=O) groups is 1. The average molecular weight is 433 g/mol. The predicted octanol–water partition coefficient (Wildman–Crippen LogP) is 3.25. The number of rotatable bonds is 6. The largest absolute Gasteiger partial charge is 0.488 e. The molecule has 4 heterocycles. The molecule has 3 aliphatic rings. The van der Waals surface area contributed by atoms with Crippen molar-refractivity contribution in [1.82, 2.24) is 15.2 Å². The quantitative estimate of drug-likeness (QED) is 0.758. The summed E-state index contributed by atoms with van der Waals surface area (Å²) in [6, 6.07) is 10.2. The molecular weight excluding hydrogens is 404 g/mol. The molecule has 1 atom stereocenters. The van der Waals surface area contributed by atoms with Gasteiger partial charge in [0, 0.05) is 63.6 Å². The number of amides is 1. The molecule has 5 rings (SSSR count). The highest BCUT2D eigenvalue weighted by molar-refractivity contribution is 5.89. The zero-order valence-corrected chi connectivity index (χ0v) is 18.3. The van der Waals surface area contributed by atoms with E-state index in [-0.39, 0.29) is 12.0 Å². The maximum Gasteiger partial charge on any atom is 0.219 e. The number of hydrogen-bond donors (Lipinski definition) is 1. The van der Waals surface area contributed by atoms with Gasteiger partial charge in [0.2, 0.25) is 11.8 Å². The van der Waals surface area contributed by atoms with Gasteiger partial charge in [-0.2, -0.15) is 0 Å². The van der Waals surface area contributed by atoms with Crippen LogP contribution in [0.2, 0.25) is 0 Å². The highest BCUT2D eigenvalue weighted by Crippen LogP contribution is 2.34.